The van der Waals surface area contributed by atoms with Crippen molar-refractivity contribution in [1.29, 1.82) is 0 Å². The van der Waals surface area contributed by atoms with E-state index in [4.69, 9.17) is 0 Å². The van der Waals surface area contributed by atoms with Gasteiger partial charge in [-0.25, -0.2) is 0 Å². The highest BCUT2D eigenvalue weighted by molar-refractivity contribution is 6.11. The molecule has 1 atom stereocenters. The molecule has 1 aliphatic carbocycles. The van der Waals surface area contributed by atoms with E-state index in [1.165, 1.54) is 25.7 Å². The molecule has 2 heterocycles. The van der Waals surface area contributed by atoms with Gasteiger partial charge in [-0.2, -0.15) is 0 Å². The summed E-state index contributed by atoms with van der Waals surface area (Å²) >= 11 is 0. The van der Waals surface area contributed by atoms with Gasteiger partial charge in [-0.05, 0) is 37.1 Å². The van der Waals surface area contributed by atoms with Crippen LogP contribution in [0.25, 0.3) is 0 Å². The number of pyridine rings is 1. The summed E-state index contributed by atoms with van der Waals surface area (Å²) in [5, 5.41) is 3.20. The van der Waals surface area contributed by atoms with Crippen molar-refractivity contribution in [3.63, 3.8) is 0 Å². The maximum absolute atomic E-state index is 13.0. The number of hydrogen-bond donors (Lipinski definition) is 1. The number of rotatable bonds is 4. The van der Waals surface area contributed by atoms with E-state index < -0.39 is 0 Å². The predicted octanol–water partition coefficient (Wildman–Crippen LogP) is 4.01. The van der Waals surface area contributed by atoms with Gasteiger partial charge in [0.15, 0.2) is 0 Å². The topological polar surface area (TPSA) is 62.3 Å². The van der Waals surface area contributed by atoms with Crippen LogP contribution in [0.4, 0.5) is 5.69 Å². The Morgan fingerprint density at radius 2 is 1.78 bits per heavy atom. The summed E-state index contributed by atoms with van der Waals surface area (Å²) in [6.45, 7) is 0. The fourth-order valence-electron chi connectivity index (χ4n) is 4.22. The number of para-hydroxylation sites is 1. The van der Waals surface area contributed by atoms with Gasteiger partial charge in [-0.3, -0.25) is 19.5 Å². The van der Waals surface area contributed by atoms with Gasteiger partial charge < -0.3 is 5.32 Å². The van der Waals surface area contributed by atoms with Crippen molar-refractivity contribution in [3.8, 4) is 0 Å². The molecule has 2 amide bonds. The molecule has 1 saturated carbocycles. The van der Waals surface area contributed by atoms with E-state index in [-0.39, 0.29) is 30.3 Å². The highest BCUT2D eigenvalue weighted by atomic mass is 16.2. The van der Waals surface area contributed by atoms with Gasteiger partial charge in [0.1, 0.15) is 0 Å². The summed E-state index contributed by atoms with van der Waals surface area (Å²) in [5.41, 5.74) is 2.09. The van der Waals surface area contributed by atoms with Crippen molar-refractivity contribution in [2.75, 3.05) is 4.90 Å². The molecule has 2 aromatic rings. The number of carbonyl (C=O) groups is 2. The molecule has 1 aromatic heterocycles. The van der Waals surface area contributed by atoms with Gasteiger partial charge in [-0.15, -0.1) is 0 Å². The van der Waals surface area contributed by atoms with E-state index in [1.807, 2.05) is 30.3 Å². The standard InChI is InChI=1S/C22H25N3O2/c26-20(24-16-9-4-1-2-5-10-16)15-19-21-18(13-8-14-23-21)22(27)25(19)17-11-6-3-7-12-17/h3,6-8,11-14,16,19H,1-2,4-5,9-10,15H2,(H,24,26)/t19-/m0/s1. The summed E-state index contributed by atoms with van der Waals surface area (Å²) in [7, 11) is 0. The van der Waals surface area contributed by atoms with E-state index in [2.05, 4.69) is 10.3 Å². The van der Waals surface area contributed by atoms with E-state index in [0.717, 1.165) is 18.5 Å². The van der Waals surface area contributed by atoms with Gasteiger partial charge in [0.05, 0.1) is 23.7 Å². The molecule has 1 fully saturated rings. The van der Waals surface area contributed by atoms with Gasteiger partial charge in [0.2, 0.25) is 5.91 Å². The molecule has 4 rings (SSSR count). The molecule has 140 valence electrons. The molecule has 5 heteroatoms. The van der Waals surface area contributed by atoms with Gasteiger partial charge in [0, 0.05) is 17.9 Å². The number of aromatic nitrogens is 1. The molecule has 27 heavy (non-hydrogen) atoms. The van der Waals surface area contributed by atoms with Crippen LogP contribution in [-0.4, -0.2) is 22.8 Å². The largest absolute Gasteiger partial charge is 0.353 e. The predicted molar refractivity (Wildman–Crippen MR) is 104 cm³/mol. The molecule has 1 N–H and O–H groups in total. The van der Waals surface area contributed by atoms with Crippen molar-refractivity contribution < 1.29 is 9.59 Å². The Labute approximate surface area is 159 Å². The Morgan fingerprint density at radius 1 is 1.04 bits per heavy atom. The lowest BCUT2D eigenvalue weighted by Crippen LogP contribution is -2.37. The molecular formula is C22H25N3O2. The minimum atomic E-state index is -0.359. The van der Waals surface area contributed by atoms with Crippen LogP contribution in [0.15, 0.2) is 48.7 Å². The van der Waals surface area contributed by atoms with Crippen LogP contribution in [0.5, 0.6) is 0 Å². The minimum absolute atomic E-state index is 0.000802. The van der Waals surface area contributed by atoms with Crippen LogP contribution in [0, 0.1) is 0 Å². The summed E-state index contributed by atoms with van der Waals surface area (Å²) in [5.74, 6) is -0.0873. The normalized spacial score (nSPS) is 20.2. The highest BCUT2D eigenvalue weighted by Gasteiger charge is 2.40. The van der Waals surface area contributed by atoms with E-state index in [0.29, 0.717) is 11.3 Å². The van der Waals surface area contributed by atoms with Crippen LogP contribution in [0.3, 0.4) is 0 Å². The lowest BCUT2D eigenvalue weighted by atomic mass is 10.1. The SMILES string of the molecule is O=C(C[C@H]1c2ncccc2C(=O)N1c1ccccc1)NC1CCCCCC1. The summed E-state index contributed by atoms with van der Waals surface area (Å²) < 4.78 is 0. The molecule has 1 aliphatic heterocycles. The molecule has 0 radical (unpaired) electrons. The first-order chi connectivity index (χ1) is 13.2. The Morgan fingerprint density at radius 3 is 2.52 bits per heavy atom. The zero-order valence-electron chi connectivity index (χ0n) is 15.4. The Hall–Kier alpha value is -2.69. The highest BCUT2D eigenvalue weighted by Crippen LogP contribution is 2.38. The van der Waals surface area contributed by atoms with Gasteiger partial charge >= 0.3 is 0 Å². The number of fused-ring (bicyclic) bond motifs is 1. The molecular weight excluding hydrogens is 338 g/mol. The second-order valence-corrected chi connectivity index (χ2v) is 7.42. The van der Waals surface area contributed by atoms with Crippen LogP contribution in [0.2, 0.25) is 0 Å². The van der Waals surface area contributed by atoms with Crippen LogP contribution < -0.4 is 10.2 Å². The van der Waals surface area contributed by atoms with Crippen molar-refractivity contribution in [1.82, 2.24) is 10.3 Å². The van der Waals surface area contributed by atoms with Crippen molar-refractivity contribution in [2.45, 2.75) is 57.0 Å². The van der Waals surface area contributed by atoms with Crippen LogP contribution in [-0.2, 0) is 4.79 Å². The van der Waals surface area contributed by atoms with E-state index in [1.54, 1.807) is 23.2 Å². The molecule has 0 saturated heterocycles. The monoisotopic (exact) mass is 363 g/mol. The first kappa shape index (κ1) is 17.7. The average molecular weight is 363 g/mol. The third kappa shape index (κ3) is 3.72. The quantitative estimate of drug-likeness (QED) is 0.835. The molecule has 0 spiro atoms. The Bertz CT molecular complexity index is 813. The van der Waals surface area contributed by atoms with Crippen molar-refractivity contribution >= 4 is 17.5 Å². The van der Waals surface area contributed by atoms with Crippen LogP contribution >= 0.6 is 0 Å². The second kappa shape index (κ2) is 7.91. The van der Waals surface area contributed by atoms with Crippen molar-refractivity contribution in [3.05, 3.63) is 59.9 Å². The number of nitrogens with one attached hydrogen (secondary N) is 1. The number of benzene rings is 1. The van der Waals surface area contributed by atoms with Crippen molar-refractivity contribution in [2.24, 2.45) is 0 Å². The number of hydrogen-bond acceptors (Lipinski definition) is 3. The first-order valence-corrected chi connectivity index (χ1v) is 9.87. The smallest absolute Gasteiger partial charge is 0.260 e. The second-order valence-electron chi connectivity index (χ2n) is 7.42. The zero-order chi connectivity index (χ0) is 18.6. The Balaban J connectivity index is 1.56. The fourth-order valence-corrected chi connectivity index (χ4v) is 4.22. The molecule has 1 aromatic carbocycles. The lowest BCUT2D eigenvalue weighted by molar-refractivity contribution is -0.122. The average Bonchev–Trinajstić information content (AvgIpc) is 2.84. The minimum Gasteiger partial charge on any atom is -0.353 e. The zero-order valence-corrected chi connectivity index (χ0v) is 15.4. The molecule has 2 aliphatic rings. The molecule has 0 bridgehead atoms. The Kier molecular flexibility index (Phi) is 5.19. The number of anilines is 1. The third-order valence-electron chi connectivity index (χ3n) is 5.55. The number of nitrogens with zero attached hydrogens (tertiary/aromatic N) is 2. The van der Waals surface area contributed by atoms with Gasteiger partial charge in [0.25, 0.3) is 5.91 Å². The molecule has 5 nitrogen and oxygen atoms in total. The lowest BCUT2D eigenvalue weighted by Gasteiger charge is -2.25. The number of amides is 2. The third-order valence-corrected chi connectivity index (χ3v) is 5.55. The fraction of sp³-hybridized carbons (Fsp3) is 0.409. The van der Waals surface area contributed by atoms with E-state index >= 15 is 0 Å². The molecule has 0 unspecified atom stereocenters. The van der Waals surface area contributed by atoms with E-state index in [9.17, 15) is 9.59 Å². The van der Waals surface area contributed by atoms with Gasteiger partial charge in [-0.1, -0.05) is 43.9 Å². The summed E-state index contributed by atoms with van der Waals surface area (Å²) in [4.78, 5) is 31.9. The maximum Gasteiger partial charge on any atom is 0.260 e. The summed E-state index contributed by atoms with van der Waals surface area (Å²) in [6, 6.07) is 13.0. The number of carbonyl (C=O) groups excluding carboxylic acids is 2. The maximum atomic E-state index is 13.0. The first-order valence-electron chi connectivity index (χ1n) is 9.87. The summed E-state index contributed by atoms with van der Waals surface area (Å²) in [6.07, 6.45) is 8.88. The van der Waals surface area contributed by atoms with Crippen LogP contribution in [0.1, 0.15) is 67.0 Å².